The third-order valence-corrected chi connectivity index (χ3v) is 7.97. The van der Waals surface area contributed by atoms with Crippen LogP contribution >= 0.6 is 0 Å². The predicted molar refractivity (Wildman–Crippen MR) is 121 cm³/mol. The number of para-hydroxylation sites is 1. The van der Waals surface area contributed by atoms with Crippen LogP contribution in [0.4, 0.5) is 11.4 Å². The average molecular weight is 458 g/mol. The maximum atomic E-state index is 13.1. The Hall–Kier alpha value is -2.91. The fourth-order valence-electron chi connectivity index (χ4n) is 4.09. The first-order valence-electron chi connectivity index (χ1n) is 10.7. The van der Waals surface area contributed by atoms with Gasteiger partial charge in [-0.2, -0.15) is 4.31 Å². The van der Waals surface area contributed by atoms with E-state index < -0.39 is 16.1 Å². The molecule has 0 unspecified atom stereocenters. The van der Waals surface area contributed by atoms with E-state index in [1.165, 1.54) is 16.4 Å². The Bertz CT molecular complexity index is 1150. The Morgan fingerprint density at radius 3 is 2.44 bits per heavy atom. The van der Waals surface area contributed by atoms with E-state index in [1.54, 1.807) is 13.0 Å². The van der Waals surface area contributed by atoms with Crippen LogP contribution in [-0.4, -0.2) is 43.7 Å². The van der Waals surface area contributed by atoms with Crippen LogP contribution < -0.4 is 15.4 Å². The zero-order chi connectivity index (χ0) is 23.0. The molecular formula is C23H27N3O5S. The van der Waals surface area contributed by atoms with E-state index in [-0.39, 0.29) is 35.7 Å². The molecule has 0 bridgehead atoms. The van der Waals surface area contributed by atoms with E-state index in [0.29, 0.717) is 24.3 Å². The molecule has 8 nitrogen and oxygen atoms in total. The summed E-state index contributed by atoms with van der Waals surface area (Å²) in [6, 6.07) is 10.3. The van der Waals surface area contributed by atoms with Crippen LogP contribution in [0.1, 0.15) is 30.9 Å². The Balaban J connectivity index is 1.43. The lowest BCUT2D eigenvalue weighted by molar-refractivity contribution is -0.123. The van der Waals surface area contributed by atoms with Gasteiger partial charge in [0.2, 0.25) is 15.9 Å². The Morgan fingerprint density at radius 1 is 1.12 bits per heavy atom. The van der Waals surface area contributed by atoms with Gasteiger partial charge in [0.15, 0.2) is 6.10 Å². The number of ether oxygens (including phenoxy) is 1. The minimum atomic E-state index is -3.75. The zero-order valence-corrected chi connectivity index (χ0v) is 19.2. The average Bonchev–Trinajstić information content (AvgIpc) is 2.77. The van der Waals surface area contributed by atoms with Crippen molar-refractivity contribution in [3.8, 4) is 5.75 Å². The number of hydrogen-bond donors (Lipinski definition) is 2. The maximum Gasteiger partial charge on any atom is 0.265 e. The van der Waals surface area contributed by atoms with Crippen molar-refractivity contribution >= 4 is 33.2 Å². The molecule has 2 aromatic carbocycles. The number of aryl methyl sites for hydroxylation is 2. The minimum absolute atomic E-state index is 0.0813. The molecule has 0 spiro atoms. The monoisotopic (exact) mass is 457 g/mol. The molecule has 2 aliphatic rings. The van der Waals surface area contributed by atoms with Crippen LogP contribution in [0, 0.1) is 19.8 Å². The van der Waals surface area contributed by atoms with E-state index >= 15 is 0 Å². The van der Waals surface area contributed by atoms with E-state index in [4.69, 9.17) is 4.74 Å². The lowest BCUT2D eigenvalue weighted by Gasteiger charge is -2.31. The van der Waals surface area contributed by atoms with Crippen molar-refractivity contribution in [1.82, 2.24) is 4.31 Å². The summed E-state index contributed by atoms with van der Waals surface area (Å²) in [5.74, 6) is -0.207. The Kier molecular flexibility index (Phi) is 5.96. The summed E-state index contributed by atoms with van der Waals surface area (Å²) >= 11 is 0. The van der Waals surface area contributed by atoms with Gasteiger partial charge in [0.05, 0.1) is 10.6 Å². The van der Waals surface area contributed by atoms with Crippen molar-refractivity contribution in [2.45, 2.75) is 44.6 Å². The molecule has 1 atom stereocenters. The summed E-state index contributed by atoms with van der Waals surface area (Å²) in [5.41, 5.74) is 3.16. The van der Waals surface area contributed by atoms with Gasteiger partial charge in [0.25, 0.3) is 5.91 Å². The minimum Gasteiger partial charge on any atom is -0.479 e. The predicted octanol–water partition coefficient (Wildman–Crippen LogP) is 3.06. The number of anilines is 2. The lowest BCUT2D eigenvalue weighted by Crippen LogP contribution is -2.41. The second kappa shape index (κ2) is 8.55. The molecule has 2 amide bonds. The van der Waals surface area contributed by atoms with Crippen LogP contribution in [0.3, 0.4) is 0 Å². The van der Waals surface area contributed by atoms with Crippen molar-refractivity contribution in [3.05, 3.63) is 47.5 Å². The molecular weight excluding hydrogens is 430 g/mol. The Labute approximate surface area is 188 Å². The largest absolute Gasteiger partial charge is 0.479 e. The van der Waals surface area contributed by atoms with Gasteiger partial charge in [-0.3, -0.25) is 9.59 Å². The molecule has 170 valence electrons. The second-order valence-corrected chi connectivity index (χ2v) is 10.3. The van der Waals surface area contributed by atoms with Gasteiger partial charge in [-0.15, -0.1) is 0 Å². The van der Waals surface area contributed by atoms with Gasteiger partial charge in [0, 0.05) is 24.7 Å². The quantitative estimate of drug-likeness (QED) is 0.734. The number of benzene rings is 2. The highest BCUT2D eigenvalue weighted by atomic mass is 32.2. The van der Waals surface area contributed by atoms with Crippen LogP contribution in [0.25, 0.3) is 0 Å². The molecule has 0 aromatic heterocycles. The summed E-state index contributed by atoms with van der Waals surface area (Å²) in [5, 5.41) is 5.69. The van der Waals surface area contributed by atoms with Crippen molar-refractivity contribution in [3.63, 3.8) is 0 Å². The number of amides is 2. The summed E-state index contributed by atoms with van der Waals surface area (Å²) in [7, 11) is -3.75. The molecule has 4 rings (SSSR count). The third kappa shape index (κ3) is 4.22. The number of carbonyl (C=O) groups is 2. The molecule has 32 heavy (non-hydrogen) atoms. The summed E-state index contributed by atoms with van der Waals surface area (Å²) in [4.78, 5) is 24.7. The smallest absolute Gasteiger partial charge is 0.265 e. The first kappa shape index (κ1) is 22.3. The lowest BCUT2D eigenvalue weighted by atomic mass is 9.96. The fourth-order valence-corrected chi connectivity index (χ4v) is 5.59. The topological polar surface area (TPSA) is 105 Å². The van der Waals surface area contributed by atoms with Crippen LogP contribution in [0.5, 0.6) is 5.75 Å². The number of piperidine rings is 1. The van der Waals surface area contributed by atoms with Crippen LogP contribution in [0.15, 0.2) is 41.3 Å². The molecule has 2 N–H and O–H groups in total. The highest BCUT2D eigenvalue weighted by molar-refractivity contribution is 7.89. The first-order chi connectivity index (χ1) is 15.2. The van der Waals surface area contributed by atoms with Crippen LogP contribution in [0.2, 0.25) is 0 Å². The fraction of sp³-hybridized carbons (Fsp3) is 0.391. The van der Waals surface area contributed by atoms with E-state index in [1.807, 2.05) is 32.0 Å². The van der Waals surface area contributed by atoms with Crippen LogP contribution in [-0.2, 0) is 19.6 Å². The normalized spacial score (nSPS) is 19.6. The van der Waals surface area contributed by atoms with Crippen molar-refractivity contribution in [1.29, 1.82) is 0 Å². The summed E-state index contributed by atoms with van der Waals surface area (Å²) in [6.45, 7) is 6.03. The zero-order valence-electron chi connectivity index (χ0n) is 18.3. The molecule has 2 aliphatic heterocycles. The van der Waals surface area contributed by atoms with Gasteiger partial charge in [-0.05, 0) is 62.9 Å². The van der Waals surface area contributed by atoms with Crippen molar-refractivity contribution in [2.75, 3.05) is 23.7 Å². The molecule has 1 saturated heterocycles. The third-order valence-electron chi connectivity index (χ3n) is 6.07. The number of nitrogens with zero attached hydrogens (tertiary/aromatic N) is 1. The number of nitrogens with one attached hydrogen (secondary N) is 2. The van der Waals surface area contributed by atoms with E-state index in [2.05, 4.69) is 10.6 Å². The van der Waals surface area contributed by atoms with Gasteiger partial charge >= 0.3 is 0 Å². The summed E-state index contributed by atoms with van der Waals surface area (Å²) in [6.07, 6.45) is 0.259. The first-order valence-corrected chi connectivity index (χ1v) is 12.1. The number of fused-ring (bicyclic) bond motifs is 1. The molecule has 0 radical (unpaired) electrons. The number of rotatable bonds is 4. The molecule has 2 heterocycles. The highest BCUT2D eigenvalue weighted by Gasteiger charge is 2.33. The molecule has 2 aromatic rings. The maximum absolute atomic E-state index is 13.1. The number of carbonyl (C=O) groups excluding carboxylic acids is 2. The van der Waals surface area contributed by atoms with Gasteiger partial charge in [-0.1, -0.05) is 18.2 Å². The highest BCUT2D eigenvalue weighted by Crippen LogP contribution is 2.34. The second-order valence-electron chi connectivity index (χ2n) is 8.34. The Morgan fingerprint density at radius 2 is 1.78 bits per heavy atom. The van der Waals surface area contributed by atoms with Crippen molar-refractivity contribution in [2.24, 2.45) is 5.92 Å². The summed E-state index contributed by atoms with van der Waals surface area (Å²) < 4.78 is 33.2. The number of hydrogen-bond acceptors (Lipinski definition) is 5. The van der Waals surface area contributed by atoms with Gasteiger partial charge in [0.1, 0.15) is 5.75 Å². The van der Waals surface area contributed by atoms with Gasteiger partial charge < -0.3 is 15.4 Å². The molecule has 0 aliphatic carbocycles. The van der Waals surface area contributed by atoms with Crippen molar-refractivity contribution < 1.29 is 22.7 Å². The SMILES string of the molecule is Cc1cccc(C)c1NC(=O)C1CCN(S(=O)(=O)c2ccc3c(c2)NC(=O)[C@@H](C)O3)CC1. The van der Waals surface area contributed by atoms with E-state index in [0.717, 1.165) is 16.8 Å². The van der Waals surface area contributed by atoms with E-state index in [9.17, 15) is 18.0 Å². The molecule has 0 saturated carbocycles. The molecule has 9 heteroatoms. The standard InChI is InChI=1S/C23H27N3O5S/c1-14-5-4-6-15(2)21(14)25-23(28)17-9-11-26(12-10-17)32(29,30)18-7-8-20-19(13-18)24-22(27)16(3)31-20/h4-8,13,16-17H,9-12H2,1-3H3,(H,24,27)(H,25,28)/t16-/m1/s1. The molecule has 1 fully saturated rings. The van der Waals surface area contributed by atoms with Gasteiger partial charge in [-0.25, -0.2) is 8.42 Å². The number of sulfonamides is 1.